The van der Waals surface area contributed by atoms with Gasteiger partial charge in [0.2, 0.25) is 0 Å². The Bertz CT molecular complexity index is 1410. The minimum Gasteiger partial charge on any atom is -0.495 e. The van der Waals surface area contributed by atoms with Crippen molar-refractivity contribution in [1.82, 2.24) is 4.90 Å². The highest BCUT2D eigenvalue weighted by molar-refractivity contribution is 7.93. The van der Waals surface area contributed by atoms with Crippen LogP contribution in [0.15, 0.2) is 47.4 Å². The van der Waals surface area contributed by atoms with Crippen LogP contribution < -0.4 is 9.04 Å². The van der Waals surface area contributed by atoms with Crippen LogP contribution in [0.5, 0.6) is 5.75 Å². The molecular formula is C25H30N2O8S2. The molecule has 0 radical (unpaired) electrons. The van der Waals surface area contributed by atoms with Gasteiger partial charge in [-0.15, -0.1) is 0 Å². The summed E-state index contributed by atoms with van der Waals surface area (Å²) in [5.74, 6) is -1.40. The minimum absolute atomic E-state index is 0.0197. The van der Waals surface area contributed by atoms with E-state index in [1.54, 1.807) is 19.1 Å². The molecule has 1 saturated heterocycles. The number of sulfone groups is 1. The van der Waals surface area contributed by atoms with Crippen LogP contribution >= 0.6 is 0 Å². The summed E-state index contributed by atoms with van der Waals surface area (Å²) in [5.41, 5.74) is 1.45. The lowest BCUT2D eigenvalue weighted by molar-refractivity contribution is -0.136. The Balaban J connectivity index is 1.53. The van der Waals surface area contributed by atoms with Crippen LogP contribution in [0.25, 0.3) is 0 Å². The number of esters is 1. The first-order chi connectivity index (χ1) is 17.6. The molecule has 1 fully saturated rings. The number of likely N-dealkylation sites (N-methyl/N-ethyl adjacent to an activating group) is 1. The molecule has 0 saturated carbocycles. The van der Waals surface area contributed by atoms with Crippen molar-refractivity contribution < 1.29 is 35.9 Å². The van der Waals surface area contributed by atoms with Crippen molar-refractivity contribution >= 4 is 37.4 Å². The molecule has 10 nitrogen and oxygen atoms in total. The Labute approximate surface area is 217 Å². The summed E-state index contributed by atoms with van der Waals surface area (Å²) >= 11 is 0. The summed E-state index contributed by atoms with van der Waals surface area (Å²) in [6.45, 7) is 1.70. The standard InChI is InChI=1S/C25H30N2O8S2/c1-3-26(20-12-14-36(30,31)17-20)24(28)16-35-25(29)19-10-11-22(34-2)23(15-19)37(32,33)27-13-6-8-18-7-4-5-9-21(18)27/h4-5,7,9-11,15,20H,3,6,8,12-14,16-17H2,1-2H3/t20-/m0/s1. The minimum atomic E-state index is -4.08. The van der Waals surface area contributed by atoms with E-state index in [2.05, 4.69) is 0 Å². The van der Waals surface area contributed by atoms with Crippen molar-refractivity contribution in [3.63, 3.8) is 0 Å². The molecule has 0 bridgehead atoms. The van der Waals surface area contributed by atoms with Crippen LogP contribution in [-0.2, 0) is 35.8 Å². The average Bonchev–Trinajstić information content (AvgIpc) is 3.25. The number of sulfonamides is 1. The van der Waals surface area contributed by atoms with Gasteiger partial charge in [-0.1, -0.05) is 18.2 Å². The Morgan fingerprint density at radius 3 is 2.59 bits per heavy atom. The van der Waals surface area contributed by atoms with Gasteiger partial charge >= 0.3 is 5.97 Å². The first kappa shape index (κ1) is 26.9. The van der Waals surface area contributed by atoms with E-state index in [0.717, 1.165) is 12.0 Å². The number of methoxy groups -OCH3 is 1. The normalized spacial score (nSPS) is 18.6. The number of amides is 1. The Kier molecular flexibility index (Phi) is 7.79. The molecule has 1 atom stereocenters. The van der Waals surface area contributed by atoms with Crippen molar-refractivity contribution in [2.24, 2.45) is 0 Å². The van der Waals surface area contributed by atoms with E-state index in [0.29, 0.717) is 18.5 Å². The Morgan fingerprint density at radius 1 is 1.16 bits per heavy atom. The molecule has 2 aromatic rings. The van der Waals surface area contributed by atoms with Crippen LogP contribution in [0.1, 0.15) is 35.7 Å². The highest BCUT2D eigenvalue weighted by atomic mass is 32.2. The molecule has 0 unspecified atom stereocenters. The van der Waals surface area contributed by atoms with E-state index in [9.17, 15) is 26.4 Å². The molecule has 1 amide bonds. The fourth-order valence-corrected chi connectivity index (χ4v) is 8.28. The van der Waals surface area contributed by atoms with Crippen LogP contribution in [0.4, 0.5) is 5.69 Å². The number of hydrogen-bond acceptors (Lipinski definition) is 8. The van der Waals surface area contributed by atoms with Gasteiger partial charge in [0.15, 0.2) is 16.4 Å². The fourth-order valence-electron chi connectivity index (χ4n) is 4.83. The van der Waals surface area contributed by atoms with Gasteiger partial charge in [0, 0.05) is 19.1 Å². The van der Waals surface area contributed by atoms with Crippen LogP contribution in [0.3, 0.4) is 0 Å². The van der Waals surface area contributed by atoms with Crippen molar-refractivity contribution in [2.75, 3.05) is 42.6 Å². The lowest BCUT2D eigenvalue weighted by Gasteiger charge is -2.31. The summed E-state index contributed by atoms with van der Waals surface area (Å²) in [5, 5.41) is 0. The first-order valence-electron chi connectivity index (χ1n) is 12.0. The van der Waals surface area contributed by atoms with Gasteiger partial charge in [0.1, 0.15) is 10.6 Å². The fraction of sp³-hybridized carbons (Fsp3) is 0.440. The van der Waals surface area contributed by atoms with Gasteiger partial charge in [-0.05, 0) is 56.0 Å². The predicted molar refractivity (Wildman–Crippen MR) is 137 cm³/mol. The summed E-state index contributed by atoms with van der Waals surface area (Å²) < 4.78 is 62.8. The predicted octanol–water partition coefficient (Wildman–Crippen LogP) is 2.03. The molecule has 2 heterocycles. The molecule has 0 aliphatic carbocycles. The number of ether oxygens (including phenoxy) is 2. The highest BCUT2D eigenvalue weighted by Crippen LogP contribution is 2.35. The maximum Gasteiger partial charge on any atom is 0.338 e. The maximum atomic E-state index is 13.7. The lowest BCUT2D eigenvalue weighted by atomic mass is 10.0. The van der Waals surface area contributed by atoms with Crippen LogP contribution in [0.2, 0.25) is 0 Å². The summed E-state index contributed by atoms with van der Waals surface area (Å²) in [6.07, 6.45) is 1.76. The number of rotatable bonds is 8. The monoisotopic (exact) mass is 550 g/mol. The van der Waals surface area contributed by atoms with Gasteiger partial charge in [-0.3, -0.25) is 9.10 Å². The topological polar surface area (TPSA) is 127 Å². The van der Waals surface area contributed by atoms with Crippen LogP contribution in [0, 0.1) is 0 Å². The van der Waals surface area contributed by atoms with Crippen molar-refractivity contribution in [2.45, 2.75) is 37.1 Å². The molecule has 0 N–H and O–H groups in total. The number of hydrogen-bond donors (Lipinski definition) is 0. The van der Waals surface area contributed by atoms with Crippen molar-refractivity contribution in [3.05, 3.63) is 53.6 Å². The number of benzene rings is 2. The van der Waals surface area contributed by atoms with Gasteiger partial charge < -0.3 is 14.4 Å². The lowest BCUT2D eigenvalue weighted by Crippen LogP contribution is -2.43. The number of carbonyl (C=O) groups excluding carboxylic acids is 2. The Morgan fingerprint density at radius 2 is 1.92 bits per heavy atom. The molecule has 200 valence electrons. The van der Waals surface area contributed by atoms with E-state index in [1.165, 1.54) is 34.5 Å². The van der Waals surface area contributed by atoms with Crippen molar-refractivity contribution in [1.29, 1.82) is 0 Å². The van der Waals surface area contributed by atoms with E-state index in [4.69, 9.17) is 9.47 Å². The third-order valence-electron chi connectivity index (χ3n) is 6.67. The van der Waals surface area contributed by atoms with Gasteiger partial charge in [-0.2, -0.15) is 0 Å². The zero-order valence-electron chi connectivity index (χ0n) is 20.8. The van der Waals surface area contributed by atoms with Gasteiger partial charge in [0.25, 0.3) is 15.9 Å². The molecule has 4 rings (SSSR count). The molecule has 2 aliphatic rings. The first-order valence-corrected chi connectivity index (χ1v) is 15.3. The smallest absolute Gasteiger partial charge is 0.338 e. The molecule has 2 aromatic carbocycles. The van der Waals surface area contributed by atoms with E-state index >= 15 is 0 Å². The second-order valence-corrected chi connectivity index (χ2v) is 13.0. The zero-order valence-corrected chi connectivity index (χ0v) is 22.4. The number of anilines is 1. The molecule has 0 spiro atoms. The maximum absolute atomic E-state index is 13.7. The molecule has 2 aliphatic heterocycles. The average molecular weight is 551 g/mol. The number of fused-ring (bicyclic) bond motifs is 1. The summed E-state index contributed by atoms with van der Waals surface area (Å²) in [7, 11) is -5.92. The number of para-hydroxylation sites is 1. The summed E-state index contributed by atoms with van der Waals surface area (Å²) in [4.78, 5) is 26.7. The SMILES string of the molecule is CCN(C(=O)COC(=O)c1ccc(OC)c(S(=O)(=O)N2CCCc3ccccc32)c1)[C@H]1CCS(=O)(=O)C1. The van der Waals surface area contributed by atoms with E-state index in [1.807, 2.05) is 12.1 Å². The largest absolute Gasteiger partial charge is 0.495 e. The van der Waals surface area contributed by atoms with E-state index in [-0.39, 0.29) is 40.8 Å². The molecular weight excluding hydrogens is 520 g/mol. The second kappa shape index (κ2) is 10.7. The highest BCUT2D eigenvalue weighted by Gasteiger charge is 2.35. The molecule has 37 heavy (non-hydrogen) atoms. The third kappa shape index (κ3) is 5.59. The van der Waals surface area contributed by atoms with Crippen LogP contribution in [-0.4, -0.2) is 78.0 Å². The van der Waals surface area contributed by atoms with E-state index < -0.39 is 44.4 Å². The molecule has 0 aromatic heterocycles. The van der Waals surface area contributed by atoms with Crippen molar-refractivity contribution in [3.8, 4) is 5.75 Å². The van der Waals surface area contributed by atoms with Gasteiger partial charge in [0.05, 0.1) is 29.9 Å². The van der Waals surface area contributed by atoms with Gasteiger partial charge in [-0.25, -0.2) is 21.6 Å². The summed E-state index contributed by atoms with van der Waals surface area (Å²) in [6, 6.07) is 10.8. The number of carbonyl (C=O) groups is 2. The zero-order chi connectivity index (χ0) is 26.8. The quantitative estimate of drug-likeness (QED) is 0.457. The number of nitrogens with zero attached hydrogens (tertiary/aromatic N) is 2. The third-order valence-corrected chi connectivity index (χ3v) is 10.3. The Hall–Kier alpha value is -3.12. The molecule has 12 heteroatoms. The number of aryl methyl sites for hydroxylation is 1. The second-order valence-electron chi connectivity index (χ2n) is 8.99.